The van der Waals surface area contributed by atoms with Crippen molar-refractivity contribution < 1.29 is 19.8 Å². The molecule has 0 radical (unpaired) electrons. The fourth-order valence-corrected chi connectivity index (χ4v) is 3.52. The summed E-state index contributed by atoms with van der Waals surface area (Å²) in [5, 5.41) is 24.6. The third kappa shape index (κ3) is 4.44. The molecule has 0 aliphatic rings. The summed E-state index contributed by atoms with van der Waals surface area (Å²) in [6.07, 6.45) is 3.25. The first kappa shape index (κ1) is 21.7. The van der Waals surface area contributed by atoms with Gasteiger partial charge in [0.05, 0.1) is 17.5 Å². The van der Waals surface area contributed by atoms with Gasteiger partial charge in [-0.1, -0.05) is 60.7 Å². The highest BCUT2D eigenvalue weighted by molar-refractivity contribution is 5.91. The number of hydrazone groups is 1. The molecule has 4 rings (SSSR count). The molecule has 0 aliphatic heterocycles. The second kappa shape index (κ2) is 9.33. The lowest BCUT2D eigenvalue weighted by Crippen LogP contribution is -2.43. The highest BCUT2D eigenvalue weighted by atomic mass is 16.4. The van der Waals surface area contributed by atoms with Crippen LogP contribution in [0.15, 0.2) is 108 Å². The van der Waals surface area contributed by atoms with Crippen molar-refractivity contribution in [1.29, 1.82) is 0 Å². The van der Waals surface area contributed by atoms with Gasteiger partial charge in [0.15, 0.2) is 5.60 Å². The van der Waals surface area contributed by atoms with Crippen molar-refractivity contribution >= 4 is 18.1 Å². The molecule has 0 atom stereocenters. The van der Waals surface area contributed by atoms with Crippen LogP contribution in [0.4, 0.5) is 0 Å². The Morgan fingerprint density at radius 3 is 1.94 bits per heavy atom. The monoisotopic (exact) mass is 439 g/mol. The fourth-order valence-electron chi connectivity index (χ4n) is 3.52. The number of nitrogens with zero attached hydrogens (tertiary/aromatic N) is 2. The van der Waals surface area contributed by atoms with Gasteiger partial charge in [-0.05, 0) is 47.5 Å². The molecule has 0 saturated carbocycles. The third-order valence-corrected chi connectivity index (χ3v) is 5.25. The zero-order chi connectivity index (χ0) is 23.3. The number of carboxylic acid groups (broad SMARTS) is 1. The Morgan fingerprint density at radius 2 is 1.39 bits per heavy atom. The number of benzene rings is 3. The molecule has 4 aromatic rings. The van der Waals surface area contributed by atoms with Gasteiger partial charge in [-0.3, -0.25) is 4.79 Å². The molecule has 7 nitrogen and oxygen atoms in total. The second-order valence-corrected chi connectivity index (χ2v) is 7.30. The summed E-state index contributed by atoms with van der Waals surface area (Å²) in [5.74, 6) is -1.69. The molecule has 7 heteroatoms. The van der Waals surface area contributed by atoms with Crippen LogP contribution >= 0.6 is 0 Å². The summed E-state index contributed by atoms with van der Waals surface area (Å²) in [7, 11) is 0. The number of rotatable bonds is 7. The van der Waals surface area contributed by atoms with Crippen LogP contribution in [-0.2, 0) is 10.4 Å². The lowest BCUT2D eigenvalue weighted by atomic mass is 9.85. The van der Waals surface area contributed by atoms with E-state index in [1.807, 2.05) is 12.1 Å². The molecule has 3 N–H and O–H groups in total. The predicted octanol–water partition coefficient (Wildman–Crippen LogP) is 3.56. The van der Waals surface area contributed by atoms with E-state index < -0.39 is 17.5 Å². The molecule has 0 spiro atoms. The lowest BCUT2D eigenvalue weighted by molar-refractivity contribution is -0.136. The maximum Gasteiger partial charge on any atom is 0.335 e. The van der Waals surface area contributed by atoms with E-state index in [9.17, 15) is 14.7 Å². The van der Waals surface area contributed by atoms with Crippen LogP contribution in [-0.4, -0.2) is 32.9 Å². The van der Waals surface area contributed by atoms with Gasteiger partial charge >= 0.3 is 5.97 Å². The van der Waals surface area contributed by atoms with Gasteiger partial charge in [-0.2, -0.15) is 5.10 Å². The Kier molecular flexibility index (Phi) is 6.15. The minimum absolute atomic E-state index is 0.189. The zero-order valence-electron chi connectivity index (χ0n) is 17.5. The summed E-state index contributed by atoms with van der Waals surface area (Å²) in [6, 6.07) is 27.3. The van der Waals surface area contributed by atoms with Crippen molar-refractivity contribution in [3.63, 3.8) is 0 Å². The highest BCUT2D eigenvalue weighted by Crippen LogP contribution is 2.29. The molecule has 1 aromatic heterocycles. The molecule has 0 aliphatic carbocycles. The minimum Gasteiger partial charge on any atom is -0.478 e. The quantitative estimate of drug-likeness (QED) is 0.303. The van der Waals surface area contributed by atoms with Crippen LogP contribution < -0.4 is 5.43 Å². The number of aromatic carboxylic acids is 1. The zero-order valence-corrected chi connectivity index (χ0v) is 17.5. The topological polar surface area (TPSA) is 104 Å². The summed E-state index contributed by atoms with van der Waals surface area (Å²) >= 11 is 0. The van der Waals surface area contributed by atoms with Gasteiger partial charge in [0.2, 0.25) is 0 Å². The normalized spacial score (nSPS) is 11.4. The van der Waals surface area contributed by atoms with Crippen molar-refractivity contribution in [2.24, 2.45) is 5.10 Å². The number of carbonyl (C=O) groups is 2. The smallest absolute Gasteiger partial charge is 0.335 e. The number of carbonyl (C=O) groups excluding carboxylic acids is 1. The number of aliphatic hydroxyl groups is 1. The molecule has 0 fully saturated rings. The van der Waals surface area contributed by atoms with Crippen molar-refractivity contribution in [3.05, 3.63) is 126 Å². The van der Waals surface area contributed by atoms with Crippen molar-refractivity contribution in [2.75, 3.05) is 0 Å². The third-order valence-electron chi connectivity index (χ3n) is 5.25. The lowest BCUT2D eigenvalue weighted by Gasteiger charge is -2.27. The van der Waals surface area contributed by atoms with E-state index in [0.29, 0.717) is 16.8 Å². The Balaban J connectivity index is 1.58. The second-order valence-electron chi connectivity index (χ2n) is 7.30. The SMILES string of the molecule is O=C(O)c1ccc(-n2cccc2/C=N\NC(=O)C(O)(c2ccccc2)c2ccccc2)cc1. The fraction of sp³-hybridized carbons (Fsp3) is 0.0385. The van der Waals surface area contributed by atoms with E-state index in [1.54, 1.807) is 83.6 Å². The van der Waals surface area contributed by atoms with Crippen molar-refractivity contribution in [1.82, 2.24) is 9.99 Å². The Hall–Kier alpha value is -4.49. The first-order valence-corrected chi connectivity index (χ1v) is 10.2. The maximum absolute atomic E-state index is 13.1. The summed E-state index contributed by atoms with van der Waals surface area (Å²) < 4.78 is 1.79. The highest BCUT2D eigenvalue weighted by Gasteiger charge is 2.39. The maximum atomic E-state index is 13.1. The standard InChI is InChI=1S/C26H21N3O4/c30-24(31)19-13-15-22(16-14-19)29-17-7-12-23(29)18-27-28-25(32)26(33,20-8-3-1-4-9-20)21-10-5-2-6-11-21/h1-18,33H,(H,28,32)(H,30,31)/b27-18-. The molecule has 1 amide bonds. The van der Waals surface area contributed by atoms with Gasteiger partial charge in [-0.15, -0.1) is 0 Å². The summed E-state index contributed by atoms with van der Waals surface area (Å²) in [6.45, 7) is 0. The van der Waals surface area contributed by atoms with Crippen LogP contribution in [0.25, 0.3) is 5.69 Å². The summed E-state index contributed by atoms with van der Waals surface area (Å²) in [5.41, 5.74) is 2.95. The Labute approximate surface area is 190 Å². The molecule has 1 heterocycles. The Morgan fingerprint density at radius 1 is 0.818 bits per heavy atom. The Bertz CT molecular complexity index is 1240. The number of hydrogen-bond donors (Lipinski definition) is 3. The van der Waals surface area contributed by atoms with Gasteiger partial charge in [0.25, 0.3) is 5.91 Å². The largest absolute Gasteiger partial charge is 0.478 e. The summed E-state index contributed by atoms with van der Waals surface area (Å²) in [4.78, 5) is 24.2. The first-order chi connectivity index (χ1) is 16.0. The van der Waals surface area contributed by atoms with E-state index in [-0.39, 0.29) is 5.56 Å². The molecule has 0 bridgehead atoms. The van der Waals surface area contributed by atoms with Gasteiger partial charge in [0, 0.05) is 11.9 Å². The van der Waals surface area contributed by atoms with Crippen LogP contribution in [0.3, 0.4) is 0 Å². The molecule has 33 heavy (non-hydrogen) atoms. The van der Waals surface area contributed by atoms with Crippen LogP contribution in [0, 0.1) is 0 Å². The average Bonchev–Trinajstić information content (AvgIpc) is 3.33. The number of hydrogen-bond acceptors (Lipinski definition) is 4. The van der Waals surface area contributed by atoms with E-state index in [4.69, 9.17) is 5.11 Å². The van der Waals surface area contributed by atoms with Gasteiger partial charge in [-0.25, -0.2) is 10.2 Å². The van der Waals surface area contributed by atoms with Crippen LogP contribution in [0.1, 0.15) is 27.2 Å². The number of amides is 1. The van der Waals surface area contributed by atoms with E-state index in [1.165, 1.54) is 18.3 Å². The van der Waals surface area contributed by atoms with Crippen molar-refractivity contribution in [2.45, 2.75) is 5.60 Å². The number of nitrogens with one attached hydrogen (secondary N) is 1. The molecule has 3 aromatic carbocycles. The average molecular weight is 439 g/mol. The predicted molar refractivity (Wildman–Crippen MR) is 124 cm³/mol. The van der Waals surface area contributed by atoms with E-state index in [0.717, 1.165) is 5.69 Å². The van der Waals surface area contributed by atoms with E-state index >= 15 is 0 Å². The molecule has 0 saturated heterocycles. The van der Waals surface area contributed by atoms with E-state index in [2.05, 4.69) is 10.5 Å². The van der Waals surface area contributed by atoms with Crippen LogP contribution in [0.5, 0.6) is 0 Å². The van der Waals surface area contributed by atoms with Gasteiger partial charge in [0.1, 0.15) is 0 Å². The van der Waals surface area contributed by atoms with Crippen molar-refractivity contribution in [3.8, 4) is 5.69 Å². The molecule has 0 unspecified atom stereocenters. The molecular weight excluding hydrogens is 418 g/mol. The number of carboxylic acids is 1. The number of aromatic nitrogens is 1. The van der Waals surface area contributed by atoms with Crippen LogP contribution in [0.2, 0.25) is 0 Å². The molecule has 164 valence electrons. The molecular formula is C26H21N3O4. The first-order valence-electron chi connectivity index (χ1n) is 10.2. The van der Waals surface area contributed by atoms with Gasteiger partial charge < -0.3 is 14.8 Å². The minimum atomic E-state index is -1.92.